The van der Waals surface area contributed by atoms with Crippen LogP contribution in [-0.4, -0.2) is 18.9 Å². The molecule has 0 heterocycles. The van der Waals surface area contributed by atoms with Gasteiger partial charge >= 0.3 is 0 Å². The Morgan fingerprint density at radius 1 is 1.12 bits per heavy atom. The van der Waals surface area contributed by atoms with Gasteiger partial charge in [-0.05, 0) is 42.3 Å². The van der Waals surface area contributed by atoms with Crippen LogP contribution >= 0.6 is 11.6 Å². The highest BCUT2D eigenvalue weighted by Crippen LogP contribution is 2.28. The highest BCUT2D eigenvalue weighted by Gasteiger charge is 2.10. The zero-order valence-corrected chi connectivity index (χ0v) is 14.3. The Morgan fingerprint density at radius 3 is 2.58 bits per heavy atom. The molecule has 0 aromatic heterocycles. The lowest BCUT2D eigenvalue weighted by Gasteiger charge is -2.12. The molecule has 0 radical (unpaired) electrons. The SMILES string of the molecule is COc1ccc(NC(C)=O)cc1NC(=O)CCc1cccc(Cl)c1. The number of amides is 2. The molecule has 0 unspecified atom stereocenters. The van der Waals surface area contributed by atoms with Gasteiger partial charge in [-0.25, -0.2) is 0 Å². The molecule has 6 heteroatoms. The number of carbonyl (C=O) groups excluding carboxylic acids is 2. The second kappa shape index (κ2) is 8.36. The third-order valence-corrected chi connectivity index (χ3v) is 3.56. The summed E-state index contributed by atoms with van der Waals surface area (Å²) in [6.07, 6.45) is 0.897. The minimum Gasteiger partial charge on any atom is -0.495 e. The fourth-order valence-corrected chi connectivity index (χ4v) is 2.46. The monoisotopic (exact) mass is 346 g/mol. The number of carbonyl (C=O) groups is 2. The van der Waals surface area contributed by atoms with Gasteiger partial charge in [0.15, 0.2) is 0 Å². The third-order valence-electron chi connectivity index (χ3n) is 3.32. The van der Waals surface area contributed by atoms with Crippen molar-refractivity contribution < 1.29 is 14.3 Å². The van der Waals surface area contributed by atoms with Crippen LogP contribution in [0.2, 0.25) is 5.02 Å². The summed E-state index contributed by atoms with van der Waals surface area (Å²) in [4.78, 5) is 23.3. The minimum atomic E-state index is -0.182. The molecule has 0 aliphatic carbocycles. The molecule has 0 bridgehead atoms. The van der Waals surface area contributed by atoms with Gasteiger partial charge in [-0.1, -0.05) is 23.7 Å². The molecule has 0 aliphatic heterocycles. The van der Waals surface area contributed by atoms with E-state index in [1.54, 1.807) is 24.3 Å². The van der Waals surface area contributed by atoms with Gasteiger partial charge in [0.05, 0.1) is 12.8 Å². The van der Waals surface area contributed by atoms with E-state index in [0.29, 0.717) is 35.0 Å². The molecule has 0 spiro atoms. The first kappa shape index (κ1) is 17.8. The van der Waals surface area contributed by atoms with E-state index in [1.165, 1.54) is 14.0 Å². The van der Waals surface area contributed by atoms with E-state index in [4.69, 9.17) is 16.3 Å². The predicted octanol–water partition coefficient (Wildman–Crippen LogP) is 3.88. The van der Waals surface area contributed by atoms with E-state index >= 15 is 0 Å². The van der Waals surface area contributed by atoms with Gasteiger partial charge in [-0.2, -0.15) is 0 Å². The number of nitrogens with one attached hydrogen (secondary N) is 2. The van der Waals surface area contributed by atoms with Gasteiger partial charge in [0.25, 0.3) is 0 Å². The van der Waals surface area contributed by atoms with E-state index < -0.39 is 0 Å². The summed E-state index contributed by atoms with van der Waals surface area (Å²) in [5.41, 5.74) is 2.10. The Balaban J connectivity index is 2.03. The number of hydrogen-bond donors (Lipinski definition) is 2. The van der Waals surface area contributed by atoms with Crippen molar-refractivity contribution in [2.24, 2.45) is 0 Å². The molecule has 5 nitrogen and oxygen atoms in total. The summed E-state index contributed by atoms with van der Waals surface area (Å²) in [6, 6.07) is 12.5. The van der Waals surface area contributed by atoms with E-state index in [-0.39, 0.29) is 11.8 Å². The largest absolute Gasteiger partial charge is 0.495 e. The van der Waals surface area contributed by atoms with Gasteiger partial charge in [0.1, 0.15) is 5.75 Å². The highest BCUT2D eigenvalue weighted by molar-refractivity contribution is 6.30. The molecule has 2 aromatic rings. The Labute approximate surface area is 146 Å². The number of methoxy groups -OCH3 is 1. The Hall–Kier alpha value is -2.53. The number of anilines is 2. The van der Waals surface area contributed by atoms with Crippen molar-refractivity contribution >= 4 is 34.8 Å². The number of benzene rings is 2. The van der Waals surface area contributed by atoms with Crippen LogP contribution in [0.15, 0.2) is 42.5 Å². The first-order valence-electron chi connectivity index (χ1n) is 7.48. The number of ether oxygens (including phenoxy) is 1. The normalized spacial score (nSPS) is 10.1. The Bertz CT molecular complexity index is 747. The molecule has 24 heavy (non-hydrogen) atoms. The Morgan fingerprint density at radius 2 is 1.92 bits per heavy atom. The predicted molar refractivity (Wildman–Crippen MR) is 95.7 cm³/mol. The van der Waals surface area contributed by atoms with Crippen LogP contribution in [0.3, 0.4) is 0 Å². The van der Waals surface area contributed by atoms with Gasteiger partial charge < -0.3 is 15.4 Å². The van der Waals surface area contributed by atoms with Gasteiger partial charge in [0, 0.05) is 24.1 Å². The molecule has 0 atom stereocenters. The topological polar surface area (TPSA) is 67.4 Å². The quantitative estimate of drug-likeness (QED) is 0.834. The average Bonchev–Trinajstić information content (AvgIpc) is 2.53. The smallest absolute Gasteiger partial charge is 0.224 e. The zero-order chi connectivity index (χ0) is 17.5. The molecule has 2 aromatic carbocycles. The summed E-state index contributed by atoms with van der Waals surface area (Å²) in [7, 11) is 1.52. The molecule has 0 fully saturated rings. The summed E-state index contributed by atoms with van der Waals surface area (Å²) in [5.74, 6) is 0.201. The van der Waals surface area contributed by atoms with E-state index in [9.17, 15) is 9.59 Å². The zero-order valence-electron chi connectivity index (χ0n) is 13.6. The van der Waals surface area contributed by atoms with Crippen LogP contribution in [0.5, 0.6) is 5.75 Å². The fraction of sp³-hybridized carbons (Fsp3) is 0.222. The lowest BCUT2D eigenvalue weighted by atomic mass is 10.1. The first-order chi connectivity index (χ1) is 11.5. The third kappa shape index (κ3) is 5.28. The van der Waals surface area contributed by atoms with Crippen LogP contribution in [0.25, 0.3) is 0 Å². The van der Waals surface area contributed by atoms with E-state index in [2.05, 4.69) is 10.6 Å². The lowest BCUT2D eigenvalue weighted by molar-refractivity contribution is -0.116. The van der Waals surface area contributed by atoms with Crippen LogP contribution < -0.4 is 15.4 Å². The summed E-state index contributed by atoms with van der Waals surface area (Å²) >= 11 is 5.94. The molecule has 2 amide bonds. The number of aryl methyl sites for hydroxylation is 1. The first-order valence-corrected chi connectivity index (χ1v) is 7.85. The van der Waals surface area contributed by atoms with Crippen LogP contribution in [0.4, 0.5) is 11.4 Å². The van der Waals surface area contributed by atoms with E-state index in [0.717, 1.165) is 5.56 Å². The molecule has 0 aliphatic rings. The Kier molecular flexibility index (Phi) is 6.21. The molecule has 2 N–H and O–H groups in total. The molecule has 0 saturated carbocycles. The van der Waals surface area contributed by atoms with Gasteiger partial charge in [0.2, 0.25) is 11.8 Å². The summed E-state index contributed by atoms with van der Waals surface area (Å²) in [5, 5.41) is 6.14. The summed E-state index contributed by atoms with van der Waals surface area (Å²) < 4.78 is 5.24. The maximum absolute atomic E-state index is 12.2. The number of hydrogen-bond acceptors (Lipinski definition) is 3. The van der Waals surface area contributed by atoms with Crippen LogP contribution in [0.1, 0.15) is 18.9 Å². The van der Waals surface area contributed by atoms with Gasteiger partial charge in [-0.15, -0.1) is 0 Å². The van der Waals surface area contributed by atoms with Crippen molar-refractivity contribution in [1.82, 2.24) is 0 Å². The van der Waals surface area contributed by atoms with Crippen molar-refractivity contribution in [3.63, 3.8) is 0 Å². The molecule has 0 saturated heterocycles. The van der Waals surface area contributed by atoms with Crippen LogP contribution in [-0.2, 0) is 16.0 Å². The van der Waals surface area contributed by atoms with Crippen molar-refractivity contribution in [3.8, 4) is 5.75 Å². The minimum absolute atomic E-state index is 0.145. The van der Waals surface area contributed by atoms with Crippen molar-refractivity contribution in [1.29, 1.82) is 0 Å². The highest BCUT2D eigenvalue weighted by atomic mass is 35.5. The maximum Gasteiger partial charge on any atom is 0.224 e. The molecular weight excluding hydrogens is 328 g/mol. The van der Waals surface area contributed by atoms with Crippen molar-refractivity contribution in [2.75, 3.05) is 17.7 Å². The second-order valence-corrected chi connectivity index (χ2v) is 5.71. The second-order valence-electron chi connectivity index (χ2n) is 5.27. The number of rotatable bonds is 6. The maximum atomic E-state index is 12.2. The molecular formula is C18H19ClN2O3. The summed E-state index contributed by atoms with van der Waals surface area (Å²) in [6.45, 7) is 1.42. The average molecular weight is 347 g/mol. The molecule has 126 valence electrons. The van der Waals surface area contributed by atoms with Crippen LogP contribution in [0, 0.1) is 0 Å². The number of halogens is 1. The fourth-order valence-electron chi connectivity index (χ4n) is 2.25. The van der Waals surface area contributed by atoms with Crippen molar-refractivity contribution in [3.05, 3.63) is 53.1 Å². The van der Waals surface area contributed by atoms with Crippen molar-refractivity contribution in [2.45, 2.75) is 19.8 Å². The standard InChI is InChI=1S/C18H19ClN2O3/c1-12(22)20-15-7-8-17(24-2)16(11-15)21-18(23)9-6-13-4-3-5-14(19)10-13/h3-5,7-8,10-11H,6,9H2,1-2H3,(H,20,22)(H,21,23). The lowest BCUT2D eigenvalue weighted by Crippen LogP contribution is -2.14. The molecule has 2 rings (SSSR count). The van der Waals surface area contributed by atoms with E-state index in [1.807, 2.05) is 18.2 Å². The van der Waals surface area contributed by atoms with Gasteiger partial charge in [-0.3, -0.25) is 9.59 Å².